The van der Waals surface area contributed by atoms with Crippen molar-refractivity contribution in [1.82, 2.24) is 9.97 Å². The van der Waals surface area contributed by atoms with E-state index in [0.29, 0.717) is 12.0 Å². The zero-order valence-corrected chi connectivity index (χ0v) is 11.7. The maximum absolute atomic E-state index is 11.6. The molecule has 1 heterocycles. The van der Waals surface area contributed by atoms with E-state index >= 15 is 0 Å². The summed E-state index contributed by atoms with van der Waals surface area (Å²) >= 11 is 0. The van der Waals surface area contributed by atoms with Crippen LogP contribution in [0.5, 0.6) is 0 Å². The van der Waals surface area contributed by atoms with Gasteiger partial charge in [0.2, 0.25) is 0 Å². The third-order valence-corrected chi connectivity index (χ3v) is 4.08. The highest BCUT2D eigenvalue weighted by molar-refractivity contribution is 5.95. The van der Waals surface area contributed by atoms with Crippen molar-refractivity contribution in [3.05, 3.63) is 59.7 Å². The summed E-state index contributed by atoms with van der Waals surface area (Å²) in [5.41, 5.74) is 2.20. The Kier molecular flexibility index (Phi) is 3.35. The van der Waals surface area contributed by atoms with E-state index in [4.69, 9.17) is 0 Å². The van der Waals surface area contributed by atoms with Crippen molar-refractivity contribution < 1.29 is 4.79 Å². The van der Waals surface area contributed by atoms with Gasteiger partial charge in [-0.15, -0.1) is 0 Å². The van der Waals surface area contributed by atoms with Crippen LogP contribution in [0.15, 0.2) is 42.7 Å². The lowest BCUT2D eigenvalue weighted by molar-refractivity contribution is 0.0987. The molecule has 0 spiro atoms. The van der Waals surface area contributed by atoms with Crippen molar-refractivity contribution in [3.63, 3.8) is 0 Å². The third kappa shape index (κ3) is 2.48. The number of rotatable bonds is 5. The SMILES string of the molecule is CCC(=O)c1cnc(CC2(c3ccccc3)CC2)nc1. The minimum Gasteiger partial charge on any atom is -0.294 e. The second kappa shape index (κ2) is 5.16. The fourth-order valence-electron chi connectivity index (χ4n) is 2.61. The number of nitrogens with zero attached hydrogens (tertiary/aromatic N) is 2. The molecule has 3 heteroatoms. The van der Waals surface area contributed by atoms with Gasteiger partial charge < -0.3 is 0 Å². The molecule has 1 aliphatic carbocycles. The predicted molar refractivity (Wildman–Crippen MR) is 77.7 cm³/mol. The van der Waals surface area contributed by atoms with E-state index in [1.54, 1.807) is 12.4 Å². The van der Waals surface area contributed by atoms with Crippen molar-refractivity contribution in [1.29, 1.82) is 0 Å². The summed E-state index contributed by atoms with van der Waals surface area (Å²) in [4.78, 5) is 20.3. The number of ketones is 1. The second-order valence-corrected chi connectivity index (χ2v) is 5.49. The van der Waals surface area contributed by atoms with Crippen LogP contribution in [0.4, 0.5) is 0 Å². The average molecular weight is 266 g/mol. The lowest BCUT2D eigenvalue weighted by Crippen LogP contribution is -2.13. The summed E-state index contributed by atoms with van der Waals surface area (Å²) < 4.78 is 0. The summed E-state index contributed by atoms with van der Waals surface area (Å²) in [5, 5.41) is 0. The lowest BCUT2D eigenvalue weighted by atomic mass is 9.92. The van der Waals surface area contributed by atoms with Crippen molar-refractivity contribution in [2.75, 3.05) is 0 Å². The number of carbonyl (C=O) groups is 1. The highest BCUT2D eigenvalue weighted by atomic mass is 16.1. The van der Waals surface area contributed by atoms with Gasteiger partial charge in [-0.25, -0.2) is 9.97 Å². The van der Waals surface area contributed by atoms with Crippen molar-refractivity contribution in [2.24, 2.45) is 0 Å². The molecule has 1 aliphatic rings. The van der Waals surface area contributed by atoms with Gasteiger partial charge in [-0.05, 0) is 18.4 Å². The molecule has 0 saturated heterocycles. The van der Waals surface area contributed by atoms with Crippen LogP contribution in [-0.2, 0) is 11.8 Å². The molecule has 102 valence electrons. The van der Waals surface area contributed by atoms with Crippen LogP contribution in [0.25, 0.3) is 0 Å². The Bertz CT molecular complexity index is 601. The van der Waals surface area contributed by atoms with Crippen molar-refractivity contribution in [2.45, 2.75) is 38.0 Å². The van der Waals surface area contributed by atoms with Gasteiger partial charge in [0, 0.05) is 30.7 Å². The first-order valence-electron chi connectivity index (χ1n) is 7.13. The molecule has 3 nitrogen and oxygen atoms in total. The third-order valence-electron chi connectivity index (χ3n) is 4.08. The molecule has 3 rings (SSSR count). The number of hydrogen-bond acceptors (Lipinski definition) is 3. The molecule has 0 amide bonds. The van der Waals surface area contributed by atoms with Crippen LogP contribution in [0, 0.1) is 0 Å². The Hall–Kier alpha value is -2.03. The van der Waals surface area contributed by atoms with E-state index in [1.165, 1.54) is 18.4 Å². The number of hydrogen-bond donors (Lipinski definition) is 0. The Balaban J connectivity index is 1.77. The van der Waals surface area contributed by atoms with E-state index in [9.17, 15) is 4.79 Å². The van der Waals surface area contributed by atoms with E-state index < -0.39 is 0 Å². The Morgan fingerprint density at radius 2 is 1.80 bits per heavy atom. The first kappa shape index (κ1) is 13.0. The summed E-state index contributed by atoms with van der Waals surface area (Å²) in [5.74, 6) is 0.930. The first-order chi connectivity index (χ1) is 9.73. The lowest BCUT2D eigenvalue weighted by Gasteiger charge is -2.14. The largest absolute Gasteiger partial charge is 0.294 e. The molecule has 1 fully saturated rings. The fraction of sp³-hybridized carbons (Fsp3) is 0.353. The molecule has 20 heavy (non-hydrogen) atoms. The molecule has 0 unspecified atom stereocenters. The van der Waals surface area contributed by atoms with Crippen LogP contribution in [0.3, 0.4) is 0 Å². The van der Waals surface area contributed by atoms with Gasteiger partial charge in [-0.3, -0.25) is 4.79 Å². The number of carbonyl (C=O) groups excluding carboxylic acids is 1. The molecular weight excluding hydrogens is 248 g/mol. The molecular formula is C17H18N2O. The molecule has 0 atom stereocenters. The van der Waals surface area contributed by atoms with Crippen LogP contribution in [0.1, 0.15) is 47.9 Å². The minimum absolute atomic E-state index is 0.0979. The highest BCUT2D eigenvalue weighted by Crippen LogP contribution is 2.50. The van der Waals surface area contributed by atoms with E-state index in [-0.39, 0.29) is 11.2 Å². The summed E-state index contributed by atoms with van der Waals surface area (Å²) in [6, 6.07) is 10.6. The molecule has 1 saturated carbocycles. The molecule has 0 bridgehead atoms. The first-order valence-corrected chi connectivity index (χ1v) is 7.13. The Labute approximate surface area is 119 Å². The normalized spacial score (nSPS) is 15.8. The van der Waals surface area contributed by atoms with E-state index in [2.05, 4.69) is 34.2 Å². The quantitative estimate of drug-likeness (QED) is 0.779. The highest BCUT2D eigenvalue weighted by Gasteiger charge is 2.44. The number of Topliss-reactive ketones (excluding diaryl/α,β-unsaturated/α-hetero) is 1. The van der Waals surface area contributed by atoms with Crippen LogP contribution >= 0.6 is 0 Å². The van der Waals surface area contributed by atoms with Gasteiger partial charge in [0.25, 0.3) is 0 Å². The number of aromatic nitrogens is 2. The Morgan fingerprint density at radius 1 is 1.15 bits per heavy atom. The average Bonchev–Trinajstić information content (AvgIpc) is 3.29. The number of benzene rings is 1. The van der Waals surface area contributed by atoms with Crippen LogP contribution < -0.4 is 0 Å². The van der Waals surface area contributed by atoms with Gasteiger partial charge in [0.1, 0.15) is 5.82 Å². The summed E-state index contributed by atoms with van der Waals surface area (Å²) in [6.45, 7) is 1.85. The molecule has 0 radical (unpaired) electrons. The van der Waals surface area contributed by atoms with E-state index in [1.807, 2.05) is 13.0 Å². The topological polar surface area (TPSA) is 42.9 Å². The standard InChI is InChI=1S/C17H18N2O/c1-2-15(20)13-11-18-16(19-12-13)10-17(8-9-17)14-6-4-3-5-7-14/h3-7,11-12H,2,8-10H2,1H3. The maximum atomic E-state index is 11.6. The summed E-state index contributed by atoms with van der Waals surface area (Å²) in [6.07, 6.45) is 7.06. The van der Waals surface area contributed by atoms with Crippen LogP contribution in [-0.4, -0.2) is 15.8 Å². The van der Waals surface area contributed by atoms with Crippen molar-refractivity contribution >= 4 is 5.78 Å². The maximum Gasteiger partial charge on any atom is 0.165 e. The molecule has 1 aromatic heterocycles. The van der Waals surface area contributed by atoms with Crippen molar-refractivity contribution in [3.8, 4) is 0 Å². The monoisotopic (exact) mass is 266 g/mol. The molecule has 0 N–H and O–H groups in total. The summed E-state index contributed by atoms with van der Waals surface area (Å²) in [7, 11) is 0. The van der Waals surface area contributed by atoms with Gasteiger partial charge >= 0.3 is 0 Å². The van der Waals surface area contributed by atoms with Crippen LogP contribution in [0.2, 0.25) is 0 Å². The molecule has 1 aromatic carbocycles. The van der Waals surface area contributed by atoms with Gasteiger partial charge in [-0.2, -0.15) is 0 Å². The molecule has 2 aromatic rings. The van der Waals surface area contributed by atoms with Gasteiger partial charge in [-0.1, -0.05) is 37.3 Å². The van der Waals surface area contributed by atoms with Gasteiger partial charge in [0.15, 0.2) is 5.78 Å². The molecule has 0 aliphatic heterocycles. The smallest absolute Gasteiger partial charge is 0.165 e. The Morgan fingerprint density at radius 3 is 2.35 bits per heavy atom. The van der Waals surface area contributed by atoms with Gasteiger partial charge in [0.05, 0.1) is 5.56 Å². The fourth-order valence-corrected chi connectivity index (χ4v) is 2.61. The zero-order valence-electron chi connectivity index (χ0n) is 11.7. The second-order valence-electron chi connectivity index (χ2n) is 5.49. The van der Waals surface area contributed by atoms with E-state index in [0.717, 1.165) is 12.2 Å². The zero-order chi connectivity index (χ0) is 14.0. The predicted octanol–water partition coefficient (Wildman–Crippen LogP) is 3.34. The minimum atomic E-state index is 0.0979.